The number of rotatable bonds is 8. The van der Waals surface area contributed by atoms with Gasteiger partial charge in [-0.3, -0.25) is 9.79 Å². The molecule has 0 spiro atoms. The van der Waals surface area contributed by atoms with Crippen LogP contribution in [0.25, 0.3) is 0 Å². The van der Waals surface area contributed by atoms with Gasteiger partial charge in [0.1, 0.15) is 12.7 Å². The number of hydrogen-bond acceptors (Lipinski definition) is 9. The summed E-state index contributed by atoms with van der Waals surface area (Å²) in [4.78, 5) is 25.2. The van der Waals surface area contributed by atoms with Gasteiger partial charge in [-0.15, -0.1) is 0 Å². The van der Waals surface area contributed by atoms with E-state index in [2.05, 4.69) is 9.97 Å². The number of methoxy groups -OCH3 is 3. The van der Waals surface area contributed by atoms with E-state index in [4.69, 9.17) is 28.7 Å². The second-order valence-corrected chi connectivity index (χ2v) is 8.27. The lowest BCUT2D eigenvalue weighted by Gasteiger charge is -2.38. The zero-order valence-corrected chi connectivity index (χ0v) is 19.9. The summed E-state index contributed by atoms with van der Waals surface area (Å²) in [5, 5.41) is 0. The Morgan fingerprint density at radius 1 is 1.06 bits per heavy atom. The molecule has 9 nitrogen and oxygen atoms in total. The van der Waals surface area contributed by atoms with Crippen molar-refractivity contribution >= 4 is 11.7 Å². The number of benzene rings is 1. The van der Waals surface area contributed by atoms with Crippen molar-refractivity contribution in [3.05, 3.63) is 35.0 Å². The van der Waals surface area contributed by atoms with Crippen LogP contribution in [0.3, 0.4) is 0 Å². The fourth-order valence-corrected chi connectivity index (χ4v) is 4.62. The summed E-state index contributed by atoms with van der Waals surface area (Å²) < 4.78 is 52.6. The molecule has 2 aromatic rings. The monoisotopic (exact) mass is 491 g/mol. The van der Waals surface area contributed by atoms with Crippen LogP contribution >= 0.6 is 0 Å². The van der Waals surface area contributed by atoms with Crippen molar-refractivity contribution in [1.82, 2.24) is 9.97 Å². The molecule has 35 heavy (non-hydrogen) atoms. The standard InChI is InChI=1S/C24H27F2N3O6/c1-12(30)35-13-5-6-17-15(7-13)14-8-20(34-11-21(25)26)19(31-2)9-16(14)23(27-17)18-10-22(32-3)29-24(28-18)33-4/h8-10,13,15,17,21H,5-7,11H2,1-4H3. The van der Waals surface area contributed by atoms with Gasteiger partial charge in [0.25, 0.3) is 6.43 Å². The van der Waals surface area contributed by atoms with Gasteiger partial charge >= 0.3 is 12.0 Å². The average Bonchev–Trinajstić information content (AvgIpc) is 2.85. The Bertz CT molecular complexity index is 1100. The highest BCUT2D eigenvalue weighted by atomic mass is 19.3. The Labute approximate surface area is 201 Å². The van der Waals surface area contributed by atoms with Gasteiger partial charge < -0.3 is 23.7 Å². The largest absolute Gasteiger partial charge is 0.493 e. The molecule has 0 amide bonds. The molecule has 2 heterocycles. The molecule has 1 aromatic heterocycles. The molecule has 3 atom stereocenters. The number of fused-ring (bicyclic) bond motifs is 3. The first kappa shape index (κ1) is 24.6. The molecule has 1 aliphatic carbocycles. The molecule has 0 bridgehead atoms. The SMILES string of the molecule is COc1cc(C2=NC3CCC(OC(C)=O)CC3c3cc(OCC(F)F)c(OC)cc32)nc(OC)n1. The molecule has 2 aliphatic rings. The Balaban J connectivity index is 1.84. The average molecular weight is 491 g/mol. The van der Waals surface area contributed by atoms with Gasteiger partial charge in [0.15, 0.2) is 11.5 Å². The molecule has 0 radical (unpaired) electrons. The molecule has 4 rings (SSSR count). The van der Waals surface area contributed by atoms with Crippen molar-refractivity contribution in [2.24, 2.45) is 4.99 Å². The Morgan fingerprint density at radius 3 is 2.51 bits per heavy atom. The van der Waals surface area contributed by atoms with Gasteiger partial charge in [-0.05, 0) is 37.0 Å². The van der Waals surface area contributed by atoms with Crippen molar-refractivity contribution < 1.29 is 37.3 Å². The zero-order chi connectivity index (χ0) is 25.1. The molecule has 1 saturated carbocycles. The molecule has 188 valence electrons. The maximum atomic E-state index is 12.9. The molecule has 1 fully saturated rings. The van der Waals surface area contributed by atoms with E-state index in [1.54, 1.807) is 18.2 Å². The van der Waals surface area contributed by atoms with Crippen molar-refractivity contribution in [2.45, 2.75) is 50.7 Å². The first-order valence-corrected chi connectivity index (χ1v) is 11.2. The van der Waals surface area contributed by atoms with Crippen molar-refractivity contribution in [2.75, 3.05) is 27.9 Å². The minimum Gasteiger partial charge on any atom is -0.493 e. The summed E-state index contributed by atoms with van der Waals surface area (Å²) in [6.45, 7) is 0.620. The molecule has 1 aromatic carbocycles. The van der Waals surface area contributed by atoms with Crippen LogP contribution in [0.2, 0.25) is 0 Å². The van der Waals surface area contributed by atoms with E-state index in [0.717, 1.165) is 5.56 Å². The summed E-state index contributed by atoms with van der Waals surface area (Å²) >= 11 is 0. The number of ether oxygens (including phenoxy) is 5. The van der Waals surface area contributed by atoms with E-state index in [0.29, 0.717) is 42.1 Å². The second-order valence-electron chi connectivity index (χ2n) is 8.27. The number of carbonyl (C=O) groups excluding carboxylic acids is 1. The van der Waals surface area contributed by atoms with Gasteiger partial charge in [0.2, 0.25) is 5.88 Å². The number of hydrogen-bond donors (Lipinski definition) is 0. The lowest BCUT2D eigenvalue weighted by atomic mass is 9.74. The number of alkyl halides is 2. The molecule has 1 aliphatic heterocycles. The highest BCUT2D eigenvalue weighted by molar-refractivity contribution is 6.14. The minimum atomic E-state index is -2.63. The third kappa shape index (κ3) is 5.28. The maximum Gasteiger partial charge on any atom is 0.320 e. The van der Waals surface area contributed by atoms with Crippen LogP contribution in [0, 0.1) is 0 Å². The van der Waals surface area contributed by atoms with Crippen LogP contribution in [0.4, 0.5) is 8.78 Å². The lowest BCUT2D eigenvalue weighted by Crippen LogP contribution is -2.36. The number of nitrogens with zero attached hydrogens (tertiary/aromatic N) is 3. The quantitative estimate of drug-likeness (QED) is 0.517. The first-order chi connectivity index (χ1) is 16.8. The number of aliphatic imine (C=N–C) groups is 1. The summed E-state index contributed by atoms with van der Waals surface area (Å²) in [6.07, 6.45) is -1.02. The Hall–Kier alpha value is -3.50. The highest BCUT2D eigenvalue weighted by Gasteiger charge is 2.39. The molecular weight excluding hydrogens is 464 g/mol. The number of esters is 1. The van der Waals surface area contributed by atoms with Crippen LogP contribution in [0.5, 0.6) is 23.4 Å². The zero-order valence-electron chi connectivity index (χ0n) is 19.9. The molecule has 0 N–H and O–H groups in total. The van der Waals surface area contributed by atoms with Crippen LogP contribution in [-0.4, -0.2) is 68.2 Å². The fraction of sp³-hybridized carbons (Fsp3) is 0.500. The van der Waals surface area contributed by atoms with Crippen molar-refractivity contribution in [1.29, 1.82) is 0 Å². The van der Waals surface area contributed by atoms with Gasteiger partial charge in [0, 0.05) is 24.5 Å². The van der Waals surface area contributed by atoms with Crippen LogP contribution in [0.15, 0.2) is 23.2 Å². The van der Waals surface area contributed by atoms with Crippen LogP contribution in [0.1, 0.15) is 48.9 Å². The number of aromatic nitrogens is 2. The lowest BCUT2D eigenvalue weighted by molar-refractivity contribution is -0.148. The van der Waals surface area contributed by atoms with Gasteiger partial charge in [-0.25, -0.2) is 8.78 Å². The summed E-state index contributed by atoms with van der Waals surface area (Å²) in [7, 11) is 4.38. The molecule has 3 unspecified atom stereocenters. The normalized spacial score (nSPS) is 20.9. The first-order valence-electron chi connectivity index (χ1n) is 11.2. The second kappa shape index (κ2) is 10.4. The number of carbonyl (C=O) groups is 1. The van der Waals surface area contributed by atoms with E-state index >= 15 is 0 Å². The predicted molar refractivity (Wildman–Crippen MR) is 121 cm³/mol. The summed E-state index contributed by atoms with van der Waals surface area (Å²) in [6, 6.07) is 5.07. The topological polar surface area (TPSA) is 101 Å². The van der Waals surface area contributed by atoms with E-state index in [1.165, 1.54) is 28.3 Å². The Kier molecular flexibility index (Phi) is 7.32. The van der Waals surface area contributed by atoms with Crippen LogP contribution in [-0.2, 0) is 9.53 Å². The van der Waals surface area contributed by atoms with E-state index in [-0.39, 0.29) is 41.5 Å². The van der Waals surface area contributed by atoms with E-state index < -0.39 is 13.0 Å². The van der Waals surface area contributed by atoms with Gasteiger partial charge in [-0.2, -0.15) is 9.97 Å². The van der Waals surface area contributed by atoms with Crippen LogP contribution < -0.4 is 18.9 Å². The van der Waals surface area contributed by atoms with Crippen molar-refractivity contribution in [3.8, 4) is 23.4 Å². The molecule has 0 saturated heterocycles. The van der Waals surface area contributed by atoms with Crippen molar-refractivity contribution in [3.63, 3.8) is 0 Å². The fourth-order valence-electron chi connectivity index (χ4n) is 4.62. The molecular formula is C24H27F2N3O6. The van der Waals surface area contributed by atoms with Gasteiger partial charge in [0.05, 0.1) is 38.8 Å². The smallest absolute Gasteiger partial charge is 0.320 e. The highest BCUT2D eigenvalue weighted by Crippen LogP contribution is 2.45. The predicted octanol–water partition coefficient (Wildman–Crippen LogP) is 3.57. The summed E-state index contributed by atoms with van der Waals surface area (Å²) in [5.74, 6) is 0.345. The number of halogens is 2. The van der Waals surface area contributed by atoms with Gasteiger partial charge in [-0.1, -0.05) is 0 Å². The van der Waals surface area contributed by atoms with E-state index in [9.17, 15) is 13.6 Å². The third-order valence-corrected chi connectivity index (χ3v) is 6.06. The summed E-state index contributed by atoms with van der Waals surface area (Å²) in [5.41, 5.74) is 2.60. The third-order valence-electron chi connectivity index (χ3n) is 6.06. The minimum absolute atomic E-state index is 0.114. The molecule has 11 heteroatoms. The van der Waals surface area contributed by atoms with E-state index in [1.807, 2.05) is 0 Å². The maximum absolute atomic E-state index is 12.9. The Morgan fingerprint density at radius 2 is 1.86 bits per heavy atom.